The van der Waals surface area contributed by atoms with E-state index >= 15 is 0 Å². The molecule has 0 radical (unpaired) electrons. The summed E-state index contributed by atoms with van der Waals surface area (Å²) in [4.78, 5) is 22.1. The van der Waals surface area contributed by atoms with Crippen LogP contribution in [0.15, 0.2) is 0 Å². The van der Waals surface area contributed by atoms with Gasteiger partial charge in [-0.2, -0.15) is 0 Å². The zero-order chi connectivity index (χ0) is 8.15. The number of carboxylic acid groups (broad SMARTS) is 1. The van der Waals surface area contributed by atoms with Gasteiger partial charge in [0.2, 0.25) is 5.91 Å². The molecule has 58 valence electrons. The van der Waals surface area contributed by atoms with Crippen LogP contribution in [-0.4, -0.2) is 23.0 Å². The molecular formula is C4H7ClN2O3. The van der Waals surface area contributed by atoms with Crippen LogP contribution in [0.2, 0.25) is 0 Å². The van der Waals surface area contributed by atoms with Crippen LogP contribution in [0, 0.1) is 0 Å². The molecule has 0 unspecified atom stereocenters. The van der Waals surface area contributed by atoms with Crippen LogP contribution in [0.5, 0.6) is 0 Å². The number of hydrogen-bond donors (Lipinski definition) is 3. The Labute approximate surface area is 62.3 Å². The quantitative estimate of drug-likeness (QED) is 0.470. The lowest BCUT2D eigenvalue weighted by Crippen LogP contribution is -2.34. The first-order chi connectivity index (χ1) is 4.57. The highest BCUT2D eigenvalue weighted by atomic mass is 35.5. The van der Waals surface area contributed by atoms with E-state index in [1.165, 1.54) is 0 Å². The lowest BCUT2D eigenvalue weighted by Gasteiger charge is -2.04. The number of primary amides is 1. The normalized spacial score (nSPS) is 12.5. The zero-order valence-electron chi connectivity index (χ0n) is 5.00. The van der Waals surface area contributed by atoms with Gasteiger partial charge < -0.3 is 10.8 Å². The molecule has 0 saturated heterocycles. The molecule has 0 aromatic carbocycles. The van der Waals surface area contributed by atoms with Gasteiger partial charge in [-0.3, -0.25) is 9.59 Å². The van der Waals surface area contributed by atoms with Crippen LogP contribution in [0.1, 0.15) is 6.42 Å². The monoisotopic (exact) mass is 166 g/mol. The molecule has 0 aliphatic carbocycles. The first kappa shape index (κ1) is 9.19. The molecule has 4 N–H and O–H groups in total. The van der Waals surface area contributed by atoms with Crippen LogP contribution in [-0.2, 0) is 9.59 Å². The average molecular weight is 167 g/mol. The summed E-state index contributed by atoms with van der Waals surface area (Å²) in [5.41, 5.74) is 4.71. The van der Waals surface area contributed by atoms with Crippen LogP contribution in [0.4, 0.5) is 0 Å². The van der Waals surface area contributed by atoms with Gasteiger partial charge in [-0.25, -0.2) is 4.84 Å². The number of rotatable bonds is 4. The van der Waals surface area contributed by atoms with Crippen molar-refractivity contribution in [3.05, 3.63) is 0 Å². The molecule has 0 aliphatic rings. The van der Waals surface area contributed by atoms with Crippen molar-refractivity contribution in [2.45, 2.75) is 12.5 Å². The molecule has 0 fully saturated rings. The molecule has 0 saturated carbocycles. The Bertz CT molecular complexity index is 149. The molecule has 0 aromatic heterocycles. The number of nitrogens with one attached hydrogen (secondary N) is 1. The van der Waals surface area contributed by atoms with E-state index in [2.05, 4.69) is 0 Å². The summed E-state index contributed by atoms with van der Waals surface area (Å²) in [6, 6.07) is -1.10. The summed E-state index contributed by atoms with van der Waals surface area (Å²) in [7, 11) is 0. The molecular weight excluding hydrogens is 160 g/mol. The smallest absolute Gasteiger partial charge is 0.322 e. The van der Waals surface area contributed by atoms with E-state index in [1.54, 1.807) is 0 Å². The minimum Gasteiger partial charge on any atom is -0.480 e. The van der Waals surface area contributed by atoms with Crippen LogP contribution in [0.3, 0.4) is 0 Å². The number of halogens is 1. The molecule has 0 aliphatic heterocycles. The van der Waals surface area contributed by atoms with Crippen molar-refractivity contribution in [2.24, 2.45) is 5.73 Å². The third kappa shape index (κ3) is 3.26. The Morgan fingerprint density at radius 2 is 2.20 bits per heavy atom. The van der Waals surface area contributed by atoms with Crippen molar-refractivity contribution in [3.63, 3.8) is 0 Å². The molecule has 0 aromatic rings. The molecule has 1 amide bonds. The highest BCUT2D eigenvalue weighted by Gasteiger charge is 2.17. The summed E-state index contributed by atoms with van der Waals surface area (Å²) in [6.45, 7) is 0. The zero-order valence-corrected chi connectivity index (χ0v) is 5.76. The van der Waals surface area contributed by atoms with E-state index in [-0.39, 0.29) is 6.42 Å². The Morgan fingerprint density at radius 1 is 1.70 bits per heavy atom. The van der Waals surface area contributed by atoms with Gasteiger partial charge in [0.1, 0.15) is 6.04 Å². The summed E-state index contributed by atoms with van der Waals surface area (Å²) < 4.78 is 0. The molecule has 1 atom stereocenters. The Hall–Kier alpha value is -0.810. The minimum absolute atomic E-state index is 0.307. The molecule has 10 heavy (non-hydrogen) atoms. The lowest BCUT2D eigenvalue weighted by atomic mass is 10.2. The Kier molecular flexibility index (Phi) is 3.75. The fourth-order valence-electron chi connectivity index (χ4n) is 0.374. The Morgan fingerprint density at radius 3 is 2.30 bits per heavy atom. The number of carbonyl (C=O) groups is 2. The number of carboxylic acids is 1. The van der Waals surface area contributed by atoms with Crippen LogP contribution >= 0.6 is 11.8 Å². The fraction of sp³-hybridized carbons (Fsp3) is 0.500. The molecule has 0 heterocycles. The standard InChI is InChI=1S/C4H7ClN2O3/c5-7-2(4(9)10)1-3(6)8/h2,7H,1H2,(H2,6,8)(H,9,10)/t2-/m0/s1. The first-order valence-corrected chi connectivity index (χ1v) is 2.83. The third-order valence-corrected chi connectivity index (χ3v) is 1.10. The van der Waals surface area contributed by atoms with E-state index in [9.17, 15) is 9.59 Å². The van der Waals surface area contributed by atoms with Crippen molar-refractivity contribution in [2.75, 3.05) is 0 Å². The van der Waals surface area contributed by atoms with Gasteiger partial charge in [0, 0.05) is 0 Å². The number of nitrogens with two attached hydrogens (primary N) is 1. The van der Waals surface area contributed by atoms with Gasteiger partial charge >= 0.3 is 5.97 Å². The first-order valence-electron chi connectivity index (χ1n) is 2.45. The molecule has 0 bridgehead atoms. The van der Waals surface area contributed by atoms with Crippen LogP contribution in [0.25, 0.3) is 0 Å². The van der Waals surface area contributed by atoms with Crippen molar-refractivity contribution >= 4 is 23.7 Å². The highest BCUT2D eigenvalue weighted by Crippen LogP contribution is 1.91. The molecule has 0 rings (SSSR count). The molecule has 0 spiro atoms. The lowest BCUT2D eigenvalue weighted by molar-refractivity contribution is -0.140. The minimum atomic E-state index is -1.20. The van der Waals surface area contributed by atoms with Crippen molar-refractivity contribution in [3.8, 4) is 0 Å². The number of amides is 1. The van der Waals surface area contributed by atoms with Gasteiger partial charge in [0.15, 0.2) is 0 Å². The summed E-state index contributed by atoms with van der Waals surface area (Å²) in [5, 5.41) is 8.27. The van der Waals surface area contributed by atoms with E-state index in [4.69, 9.17) is 22.6 Å². The van der Waals surface area contributed by atoms with Gasteiger partial charge in [-0.05, 0) is 11.8 Å². The maximum Gasteiger partial charge on any atom is 0.322 e. The maximum atomic E-state index is 10.1. The van der Waals surface area contributed by atoms with Crippen molar-refractivity contribution in [1.82, 2.24) is 4.84 Å². The van der Waals surface area contributed by atoms with Gasteiger partial charge in [0.05, 0.1) is 6.42 Å². The second-order valence-corrected chi connectivity index (χ2v) is 1.89. The topological polar surface area (TPSA) is 92.4 Å². The van der Waals surface area contributed by atoms with Crippen molar-refractivity contribution in [1.29, 1.82) is 0 Å². The predicted molar refractivity (Wildman–Crippen MR) is 34.2 cm³/mol. The number of aliphatic carboxylic acids is 1. The van der Waals surface area contributed by atoms with E-state index < -0.39 is 17.9 Å². The summed E-state index contributed by atoms with van der Waals surface area (Å²) in [6.07, 6.45) is -0.307. The van der Waals surface area contributed by atoms with E-state index in [1.807, 2.05) is 4.84 Å². The molecule has 6 heteroatoms. The fourth-order valence-corrected chi connectivity index (χ4v) is 0.544. The number of carbonyl (C=O) groups excluding carboxylic acids is 1. The van der Waals surface area contributed by atoms with Crippen molar-refractivity contribution < 1.29 is 14.7 Å². The van der Waals surface area contributed by atoms with Gasteiger partial charge in [0.25, 0.3) is 0 Å². The van der Waals surface area contributed by atoms with E-state index in [0.717, 1.165) is 0 Å². The maximum absolute atomic E-state index is 10.1. The second-order valence-electron chi connectivity index (χ2n) is 1.67. The largest absolute Gasteiger partial charge is 0.480 e. The number of hydrogen-bond acceptors (Lipinski definition) is 3. The Balaban J connectivity index is 3.83. The summed E-state index contributed by atoms with van der Waals surface area (Å²) >= 11 is 4.97. The second kappa shape index (κ2) is 4.08. The molecule has 5 nitrogen and oxygen atoms in total. The average Bonchev–Trinajstić information content (AvgIpc) is 1.81. The SMILES string of the molecule is NC(=O)C[C@H](NCl)C(=O)O. The third-order valence-electron chi connectivity index (χ3n) is 0.835. The predicted octanol–water partition coefficient (Wildman–Crippen LogP) is -0.942. The summed E-state index contributed by atoms with van der Waals surface area (Å²) in [5.74, 6) is -1.91. The van der Waals surface area contributed by atoms with Crippen LogP contribution < -0.4 is 10.6 Å². The van der Waals surface area contributed by atoms with Gasteiger partial charge in [-0.1, -0.05) is 0 Å². The highest BCUT2D eigenvalue weighted by molar-refractivity contribution is 6.15. The van der Waals surface area contributed by atoms with Gasteiger partial charge in [-0.15, -0.1) is 0 Å². The van der Waals surface area contributed by atoms with E-state index in [0.29, 0.717) is 0 Å².